The molecule has 0 radical (unpaired) electrons. The van der Waals surface area contributed by atoms with Crippen LogP contribution in [0.25, 0.3) is 4.85 Å². The van der Waals surface area contributed by atoms with Gasteiger partial charge in [-0.25, -0.2) is 0 Å². The van der Waals surface area contributed by atoms with Crippen LogP contribution in [-0.2, 0) is 4.79 Å². The molecule has 0 atom stereocenters. The van der Waals surface area contributed by atoms with Crippen LogP contribution >= 0.6 is 0 Å². The first-order valence-corrected chi connectivity index (χ1v) is 5.06. The van der Waals surface area contributed by atoms with Crippen LogP contribution in [-0.4, -0.2) is 12.5 Å². The summed E-state index contributed by atoms with van der Waals surface area (Å²) in [5, 5.41) is 10.6. The van der Waals surface area contributed by atoms with E-state index in [-0.39, 0.29) is 5.57 Å². The fourth-order valence-corrected chi connectivity index (χ4v) is 0.842. The first-order valence-electron chi connectivity index (χ1n) is 5.06. The Balaban J connectivity index is 4.20. The van der Waals surface area contributed by atoms with Crippen molar-refractivity contribution in [3.05, 3.63) is 16.5 Å². The number of aliphatic carboxylic acids is 1. The molecule has 0 aromatic carbocycles. The molecule has 0 spiro atoms. The molecule has 0 unspecified atom stereocenters. The third-order valence-corrected chi connectivity index (χ3v) is 1.68. The summed E-state index contributed by atoms with van der Waals surface area (Å²) in [5.74, 6) is -1.20. The van der Waals surface area contributed by atoms with E-state index >= 15 is 0 Å². The van der Waals surface area contributed by atoms with E-state index in [1.54, 1.807) is 6.08 Å². The van der Waals surface area contributed by atoms with Crippen molar-refractivity contribution in [1.29, 1.82) is 0 Å². The highest BCUT2D eigenvalue weighted by Gasteiger charge is 2.00. The molecule has 0 aliphatic carbocycles. The van der Waals surface area contributed by atoms with Crippen molar-refractivity contribution in [1.82, 2.24) is 0 Å². The van der Waals surface area contributed by atoms with Crippen LogP contribution in [0.15, 0.2) is 11.6 Å². The van der Waals surface area contributed by atoms with Crippen molar-refractivity contribution in [3.63, 3.8) is 0 Å². The van der Waals surface area contributed by atoms with Gasteiger partial charge in [0.1, 0.15) is 5.57 Å². The third kappa shape index (κ3) is 6.24. The van der Waals surface area contributed by atoms with Gasteiger partial charge in [0.05, 0.1) is 5.97 Å². The number of carboxylic acid groups (broad SMARTS) is 1. The SMILES string of the molecule is CCCC=C(C#[N+]CCCC)C(=O)[O-]. The van der Waals surface area contributed by atoms with E-state index in [4.69, 9.17) is 0 Å². The minimum Gasteiger partial charge on any atom is -0.544 e. The first kappa shape index (κ1) is 12.7. The quantitative estimate of drug-likeness (QED) is 0.380. The molecule has 3 nitrogen and oxygen atoms in total. The number of unbranched alkanes of at least 4 members (excludes halogenated alkanes) is 2. The Kier molecular flexibility index (Phi) is 7.53. The van der Waals surface area contributed by atoms with Crippen molar-refractivity contribution < 1.29 is 9.90 Å². The van der Waals surface area contributed by atoms with Gasteiger partial charge in [0.2, 0.25) is 0 Å². The minimum absolute atomic E-state index is 0.0722. The van der Waals surface area contributed by atoms with Crippen molar-refractivity contribution in [3.8, 4) is 6.07 Å². The molecule has 0 fully saturated rings. The lowest BCUT2D eigenvalue weighted by atomic mass is 10.2. The lowest BCUT2D eigenvalue weighted by molar-refractivity contribution is -0.298. The molecular formula is C11H17NO2. The largest absolute Gasteiger partial charge is 0.544 e. The number of carboxylic acids is 1. The second kappa shape index (κ2) is 8.31. The van der Waals surface area contributed by atoms with E-state index in [0.29, 0.717) is 6.54 Å². The van der Waals surface area contributed by atoms with Crippen LogP contribution in [0.3, 0.4) is 0 Å². The molecule has 0 aliphatic rings. The summed E-state index contributed by atoms with van der Waals surface area (Å²) in [5.41, 5.74) is 0.0722. The summed E-state index contributed by atoms with van der Waals surface area (Å²) in [4.78, 5) is 14.5. The van der Waals surface area contributed by atoms with Gasteiger partial charge in [0.25, 0.3) is 6.54 Å². The molecular weight excluding hydrogens is 178 g/mol. The van der Waals surface area contributed by atoms with Crippen molar-refractivity contribution in [2.24, 2.45) is 0 Å². The van der Waals surface area contributed by atoms with E-state index in [2.05, 4.69) is 17.8 Å². The number of rotatable bonds is 5. The van der Waals surface area contributed by atoms with E-state index in [1.165, 1.54) is 0 Å². The van der Waals surface area contributed by atoms with Gasteiger partial charge in [-0.2, -0.15) is 0 Å². The van der Waals surface area contributed by atoms with Gasteiger partial charge in [0, 0.05) is 6.42 Å². The lowest BCUT2D eigenvalue weighted by Crippen LogP contribution is -2.23. The Morgan fingerprint density at radius 3 is 2.64 bits per heavy atom. The molecule has 78 valence electrons. The van der Waals surface area contributed by atoms with Gasteiger partial charge in [-0.1, -0.05) is 31.2 Å². The first-order chi connectivity index (χ1) is 6.72. The predicted molar refractivity (Wildman–Crippen MR) is 55.0 cm³/mol. The Morgan fingerprint density at radius 2 is 2.14 bits per heavy atom. The molecule has 0 bridgehead atoms. The van der Waals surface area contributed by atoms with Crippen LogP contribution in [0, 0.1) is 6.07 Å². The standard InChI is InChI=1S/C11H17NO2/c1-3-5-7-10(11(13)14)9-12-8-6-4-2/h7H,3-6,8H2,1-2H3. The molecule has 0 heterocycles. The minimum atomic E-state index is -1.20. The number of nitrogens with zero attached hydrogens (tertiary/aromatic N) is 1. The maximum atomic E-state index is 10.6. The summed E-state index contributed by atoms with van der Waals surface area (Å²) in [7, 11) is 0. The van der Waals surface area contributed by atoms with E-state index < -0.39 is 5.97 Å². The summed E-state index contributed by atoms with van der Waals surface area (Å²) >= 11 is 0. The average molecular weight is 195 g/mol. The smallest absolute Gasteiger partial charge is 0.312 e. The molecule has 0 rings (SSSR count). The second-order valence-electron chi connectivity index (χ2n) is 3.04. The van der Waals surface area contributed by atoms with E-state index in [1.807, 2.05) is 6.92 Å². The van der Waals surface area contributed by atoms with Crippen LogP contribution < -0.4 is 5.11 Å². The molecule has 0 amide bonds. The third-order valence-electron chi connectivity index (χ3n) is 1.68. The highest BCUT2D eigenvalue weighted by molar-refractivity contribution is 5.89. The number of carbonyl (C=O) groups excluding carboxylic acids is 1. The highest BCUT2D eigenvalue weighted by Crippen LogP contribution is 1.97. The van der Waals surface area contributed by atoms with E-state index in [0.717, 1.165) is 25.7 Å². The average Bonchev–Trinajstić information content (AvgIpc) is 2.16. The maximum Gasteiger partial charge on any atom is 0.312 e. The Bertz CT molecular complexity index is 258. The zero-order valence-electron chi connectivity index (χ0n) is 8.88. The number of carbonyl (C=O) groups is 1. The molecule has 0 N–H and O–H groups in total. The molecule has 0 aromatic rings. The molecule has 0 saturated carbocycles. The summed E-state index contributed by atoms with van der Waals surface area (Å²) in [6.45, 7) is 4.67. The maximum absolute atomic E-state index is 10.6. The van der Waals surface area contributed by atoms with Gasteiger partial charge < -0.3 is 9.90 Å². The zero-order chi connectivity index (χ0) is 10.8. The van der Waals surface area contributed by atoms with Crippen LogP contribution in [0.2, 0.25) is 0 Å². The van der Waals surface area contributed by atoms with Gasteiger partial charge >= 0.3 is 6.07 Å². The van der Waals surface area contributed by atoms with E-state index in [9.17, 15) is 9.90 Å². The van der Waals surface area contributed by atoms with Crippen molar-refractivity contribution in [2.45, 2.75) is 39.5 Å². The topological polar surface area (TPSA) is 44.5 Å². The van der Waals surface area contributed by atoms with Gasteiger partial charge in [-0.05, 0) is 12.8 Å². The second-order valence-corrected chi connectivity index (χ2v) is 3.04. The molecule has 0 saturated heterocycles. The predicted octanol–water partition coefficient (Wildman–Crippen LogP) is 1.60. The number of hydrogen-bond acceptors (Lipinski definition) is 2. The molecule has 0 aromatic heterocycles. The van der Waals surface area contributed by atoms with Crippen LogP contribution in [0.5, 0.6) is 0 Å². The molecule has 0 aliphatic heterocycles. The van der Waals surface area contributed by atoms with Crippen LogP contribution in [0.4, 0.5) is 0 Å². The molecule has 3 heteroatoms. The highest BCUT2D eigenvalue weighted by atomic mass is 16.4. The lowest BCUT2D eigenvalue weighted by Gasteiger charge is -1.94. The Labute approximate surface area is 85.3 Å². The number of allylic oxidation sites excluding steroid dienone is 1. The molecule has 14 heavy (non-hydrogen) atoms. The monoisotopic (exact) mass is 195 g/mol. The fourth-order valence-electron chi connectivity index (χ4n) is 0.842. The fraction of sp³-hybridized carbons (Fsp3) is 0.636. The Morgan fingerprint density at radius 1 is 1.43 bits per heavy atom. The van der Waals surface area contributed by atoms with Gasteiger partial charge in [-0.15, -0.1) is 0 Å². The van der Waals surface area contributed by atoms with Crippen molar-refractivity contribution in [2.75, 3.05) is 6.54 Å². The Hall–Kier alpha value is -1.30. The summed E-state index contributed by atoms with van der Waals surface area (Å²) in [6.07, 6.45) is 5.24. The zero-order valence-corrected chi connectivity index (χ0v) is 8.88. The van der Waals surface area contributed by atoms with Gasteiger partial charge in [-0.3, -0.25) is 0 Å². The van der Waals surface area contributed by atoms with Crippen LogP contribution in [0.1, 0.15) is 39.5 Å². The van der Waals surface area contributed by atoms with Gasteiger partial charge in [0.15, 0.2) is 0 Å². The number of hydrogen-bond donors (Lipinski definition) is 0. The van der Waals surface area contributed by atoms with Crippen molar-refractivity contribution >= 4 is 5.97 Å². The normalized spacial score (nSPS) is 10.6. The summed E-state index contributed by atoms with van der Waals surface area (Å²) < 4.78 is 0. The summed E-state index contributed by atoms with van der Waals surface area (Å²) in [6, 6.07) is 2.51.